The van der Waals surface area contributed by atoms with Gasteiger partial charge in [0.2, 0.25) is 0 Å². The molecule has 2 saturated heterocycles. The van der Waals surface area contributed by atoms with Crippen LogP contribution in [0.15, 0.2) is 36.4 Å². The summed E-state index contributed by atoms with van der Waals surface area (Å²) in [5, 5.41) is 9.37. The van der Waals surface area contributed by atoms with Crippen molar-refractivity contribution in [2.75, 3.05) is 26.2 Å². The fourth-order valence-corrected chi connectivity index (χ4v) is 9.30. The molecule has 0 radical (unpaired) electrons. The van der Waals surface area contributed by atoms with Crippen LogP contribution in [0.4, 0.5) is 0 Å². The molecule has 0 spiro atoms. The molecule has 204 valence electrons. The third-order valence-corrected chi connectivity index (χ3v) is 11.6. The number of rotatable bonds is 5. The van der Waals surface area contributed by atoms with Gasteiger partial charge in [0.05, 0.1) is 8.07 Å². The third-order valence-electron chi connectivity index (χ3n) is 7.87. The number of hydrogen-bond donors (Lipinski definition) is 2. The molecule has 0 aromatic heterocycles. The molecule has 2 aromatic rings. The number of nitrogens with one attached hydrogen (secondary N) is 2. The van der Waals surface area contributed by atoms with Crippen molar-refractivity contribution in [3.8, 4) is 0 Å². The van der Waals surface area contributed by atoms with Crippen LogP contribution in [0.3, 0.4) is 0 Å². The Hall–Kier alpha value is 0.216. The minimum atomic E-state index is -1.44. The van der Waals surface area contributed by atoms with Gasteiger partial charge in [-0.3, -0.25) is 0 Å². The summed E-state index contributed by atoms with van der Waals surface area (Å²) in [5.41, 5.74) is 5.18. The van der Waals surface area contributed by atoms with Crippen molar-refractivity contribution in [3.63, 3.8) is 0 Å². The summed E-state index contributed by atoms with van der Waals surface area (Å²) < 4.78 is 0. The Kier molecular flexibility index (Phi) is 12.0. The van der Waals surface area contributed by atoms with Crippen LogP contribution in [0.1, 0.15) is 63.1 Å². The molecule has 0 bridgehead atoms. The monoisotopic (exact) mass is 572 g/mol. The Balaban J connectivity index is 0.000000640. The molecule has 0 amide bonds. The van der Waals surface area contributed by atoms with Crippen molar-refractivity contribution in [2.45, 2.75) is 82.8 Å². The van der Waals surface area contributed by atoms with Crippen LogP contribution in [0, 0.1) is 11.8 Å². The summed E-state index contributed by atoms with van der Waals surface area (Å²) >= 11 is 0. The van der Waals surface area contributed by atoms with Crippen molar-refractivity contribution in [3.05, 3.63) is 53.1 Å². The Morgan fingerprint density at radius 2 is 1.40 bits per heavy atom. The number of piperidine rings is 2. The van der Waals surface area contributed by atoms with E-state index in [4.69, 9.17) is 0 Å². The summed E-state index contributed by atoms with van der Waals surface area (Å²) in [7, 11) is 5.12. The molecule has 0 aliphatic carbocycles. The second-order valence-corrected chi connectivity index (χ2v) is 18.9. The Bertz CT molecular complexity index is 833. The fraction of sp³-hybridized carbons (Fsp3) is 0.655. The van der Waals surface area contributed by atoms with Crippen LogP contribution in [0.25, 0.3) is 0 Å². The molecule has 35 heavy (non-hydrogen) atoms. The first kappa shape index (κ1) is 31.4. The predicted octanol–water partition coefficient (Wildman–Crippen LogP) is 6.10. The molecule has 0 saturated carbocycles. The zero-order valence-corrected chi connectivity index (χ0v) is 27.4. The molecule has 2 aliphatic heterocycles. The predicted molar refractivity (Wildman–Crippen MR) is 162 cm³/mol. The van der Waals surface area contributed by atoms with Gasteiger partial charge in [0.25, 0.3) is 0 Å². The van der Waals surface area contributed by atoms with Crippen LogP contribution >= 0.6 is 18.5 Å². The summed E-state index contributed by atoms with van der Waals surface area (Å²) in [6, 6.07) is 12.6. The van der Waals surface area contributed by atoms with E-state index in [1.807, 2.05) is 30.3 Å². The smallest absolute Gasteiger partial charge is 0.0507 e. The molecule has 2 aromatic carbocycles. The summed E-state index contributed by atoms with van der Waals surface area (Å²) in [5.74, 6) is 1.39. The molecule has 6 heteroatoms. The SMILES string of the molecule is CC(C)(C)[c-]1c([Si](C)(C)C)cc(CP)c1C(P)(C1CCCNC1)C1CCCNC1.[Fe].[cH-]1[cH-][cH-][cH-][cH-]1. The topological polar surface area (TPSA) is 24.1 Å². The van der Waals surface area contributed by atoms with Gasteiger partial charge in [0, 0.05) is 17.1 Å². The Morgan fingerprint density at radius 3 is 1.71 bits per heavy atom. The van der Waals surface area contributed by atoms with Crippen LogP contribution in [0.5, 0.6) is 0 Å². The van der Waals surface area contributed by atoms with Crippen molar-refractivity contribution >= 4 is 31.7 Å². The summed E-state index contributed by atoms with van der Waals surface area (Å²) in [6.45, 7) is 19.6. The molecule has 2 aliphatic rings. The standard InChI is InChI=1S/C24H45N2P2Si.C5H5.Fe/c1-23(2,3)22-20(29(4,5)6)13-17(16-27)21(22)24(28,18-9-7-11-25-14-18)19-10-8-12-26-15-19;1-2-4-5-3-1;/h13,18-19,25-26H,7-12,14-16,27-28H2,1-6H3;1-5H;/q-1;-5;. The first-order chi connectivity index (χ1) is 16.0. The Labute approximate surface area is 232 Å². The fourth-order valence-electron chi connectivity index (χ4n) is 6.22. The largest absolute Gasteiger partial charge is 0.748 e. The second-order valence-electron chi connectivity index (χ2n) is 12.5. The van der Waals surface area contributed by atoms with Crippen molar-refractivity contribution < 1.29 is 17.1 Å². The quantitative estimate of drug-likeness (QED) is 0.257. The van der Waals surface area contributed by atoms with Crippen molar-refractivity contribution in [1.29, 1.82) is 0 Å². The molecule has 2 nitrogen and oxygen atoms in total. The second kappa shape index (κ2) is 13.3. The molecular weight excluding hydrogens is 522 g/mol. The summed E-state index contributed by atoms with van der Waals surface area (Å²) in [6.07, 6.45) is 6.38. The van der Waals surface area contributed by atoms with Crippen LogP contribution in [-0.4, -0.2) is 34.3 Å². The van der Waals surface area contributed by atoms with Gasteiger partial charge in [0.15, 0.2) is 0 Å². The van der Waals surface area contributed by atoms with E-state index in [2.05, 4.69) is 75.6 Å². The molecule has 2 fully saturated rings. The zero-order chi connectivity index (χ0) is 25.0. The van der Waals surface area contributed by atoms with Crippen LogP contribution < -0.4 is 15.8 Å². The van der Waals surface area contributed by atoms with Gasteiger partial charge in [-0.2, -0.15) is 16.3 Å². The van der Waals surface area contributed by atoms with Gasteiger partial charge in [-0.15, -0.1) is 24.0 Å². The molecule has 4 unspecified atom stereocenters. The van der Waals surface area contributed by atoms with E-state index in [1.165, 1.54) is 38.8 Å². The zero-order valence-electron chi connectivity index (χ0n) is 23.0. The van der Waals surface area contributed by atoms with E-state index in [9.17, 15) is 0 Å². The molecule has 2 N–H and O–H groups in total. The van der Waals surface area contributed by atoms with Crippen LogP contribution in [0.2, 0.25) is 19.6 Å². The van der Waals surface area contributed by atoms with Crippen molar-refractivity contribution in [2.24, 2.45) is 11.8 Å². The van der Waals surface area contributed by atoms with Gasteiger partial charge in [0.1, 0.15) is 0 Å². The van der Waals surface area contributed by atoms with Gasteiger partial charge in [-0.1, -0.05) is 52.0 Å². The van der Waals surface area contributed by atoms with Gasteiger partial charge in [-0.25, -0.2) is 6.07 Å². The van der Waals surface area contributed by atoms with E-state index >= 15 is 0 Å². The first-order valence-electron chi connectivity index (χ1n) is 13.4. The van der Waals surface area contributed by atoms with Crippen LogP contribution in [-0.2, 0) is 33.8 Å². The maximum Gasteiger partial charge on any atom is 0.0507 e. The van der Waals surface area contributed by atoms with E-state index in [0.29, 0.717) is 11.8 Å². The molecule has 2 heterocycles. The van der Waals surface area contributed by atoms with Gasteiger partial charge < -0.3 is 41.0 Å². The van der Waals surface area contributed by atoms with E-state index in [-0.39, 0.29) is 27.6 Å². The summed E-state index contributed by atoms with van der Waals surface area (Å²) in [4.78, 5) is 0. The Morgan fingerprint density at radius 1 is 0.943 bits per heavy atom. The molecule has 4 atom stereocenters. The normalized spacial score (nSPS) is 23.0. The van der Waals surface area contributed by atoms with Gasteiger partial charge >= 0.3 is 0 Å². The average Bonchev–Trinajstić information content (AvgIpc) is 3.51. The first-order valence-corrected chi connectivity index (χ1v) is 18.3. The van der Waals surface area contributed by atoms with E-state index < -0.39 is 8.07 Å². The minimum absolute atomic E-state index is 0. The number of hydrogen-bond acceptors (Lipinski definition) is 2. The average molecular weight is 573 g/mol. The van der Waals surface area contributed by atoms with E-state index in [1.54, 1.807) is 21.9 Å². The third kappa shape index (κ3) is 7.41. The minimum Gasteiger partial charge on any atom is -0.748 e. The van der Waals surface area contributed by atoms with Gasteiger partial charge in [-0.05, 0) is 68.9 Å². The molecular formula is C29H50FeN2P2Si-6. The maximum absolute atomic E-state index is 3.75. The maximum atomic E-state index is 3.75. The molecule has 4 rings (SSSR count). The van der Waals surface area contributed by atoms with E-state index in [0.717, 1.165) is 19.3 Å². The van der Waals surface area contributed by atoms with Crippen molar-refractivity contribution in [1.82, 2.24) is 10.6 Å².